The average molecular weight is 663 g/mol. The van der Waals surface area contributed by atoms with Crippen LogP contribution >= 0.6 is 0 Å². The molecule has 1 aliphatic rings. The maximum atomic E-state index is 5.50. The molecule has 0 saturated heterocycles. The van der Waals surface area contributed by atoms with E-state index in [-0.39, 0.29) is 0 Å². The Labute approximate surface area is 298 Å². The molecule has 0 spiro atoms. The number of rotatable bonds is 2. The monoisotopic (exact) mass is 662 g/mol. The quantitative estimate of drug-likeness (QED) is 0.185. The van der Waals surface area contributed by atoms with Crippen LogP contribution in [0.2, 0.25) is 0 Å². The van der Waals surface area contributed by atoms with Crippen molar-refractivity contribution in [3.63, 3.8) is 0 Å². The summed E-state index contributed by atoms with van der Waals surface area (Å²) in [5.74, 6) is 1.62. The van der Waals surface area contributed by atoms with Gasteiger partial charge in [-0.3, -0.25) is 4.57 Å². The highest BCUT2D eigenvalue weighted by Gasteiger charge is 2.27. The third-order valence-corrected chi connectivity index (χ3v) is 11.4. The van der Waals surface area contributed by atoms with Crippen molar-refractivity contribution in [3.8, 4) is 28.3 Å². The van der Waals surface area contributed by atoms with Crippen LogP contribution < -0.4 is 0 Å². The van der Waals surface area contributed by atoms with E-state index < -0.39 is 0 Å². The molecule has 12 rings (SSSR count). The fourth-order valence-corrected chi connectivity index (χ4v) is 9.12. The minimum absolute atomic E-state index is 0.722. The molecule has 0 unspecified atom stereocenters. The molecular formula is C48H30N4. The van der Waals surface area contributed by atoms with Crippen molar-refractivity contribution >= 4 is 76.1 Å². The molecular weight excluding hydrogens is 633 g/mol. The van der Waals surface area contributed by atoms with Crippen molar-refractivity contribution in [2.75, 3.05) is 0 Å². The van der Waals surface area contributed by atoms with E-state index in [4.69, 9.17) is 9.97 Å². The molecule has 242 valence electrons. The molecule has 8 aromatic carbocycles. The van der Waals surface area contributed by atoms with Gasteiger partial charge in [-0.15, -0.1) is 0 Å². The second-order valence-electron chi connectivity index (χ2n) is 14.1. The molecule has 4 nitrogen and oxygen atoms in total. The smallest absolute Gasteiger partial charge is 0.162 e. The SMILES string of the molecule is c1ccc2cc(-c3nc(-n4c5ccccc5c5cc6c7c(c8ccccc8n7CCc7c-6ccc6ccccc76)c54)c4ccccc4n3)ccc2c1. The molecule has 0 saturated carbocycles. The summed E-state index contributed by atoms with van der Waals surface area (Å²) in [4.78, 5) is 10.7. The molecule has 11 aromatic rings. The van der Waals surface area contributed by atoms with E-state index in [2.05, 4.69) is 167 Å². The van der Waals surface area contributed by atoms with Crippen molar-refractivity contribution < 1.29 is 0 Å². The van der Waals surface area contributed by atoms with Gasteiger partial charge >= 0.3 is 0 Å². The summed E-state index contributed by atoms with van der Waals surface area (Å²) in [5.41, 5.74) is 10.9. The summed E-state index contributed by atoms with van der Waals surface area (Å²) in [6.45, 7) is 0.909. The van der Waals surface area contributed by atoms with Crippen molar-refractivity contribution in [2.24, 2.45) is 0 Å². The molecule has 0 atom stereocenters. The number of aryl methyl sites for hydroxylation is 2. The fraction of sp³-hybridized carbons (Fsp3) is 0.0417. The summed E-state index contributed by atoms with van der Waals surface area (Å²) in [7, 11) is 0. The molecule has 0 fully saturated rings. The van der Waals surface area contributed by atoms with Crippen LogP contribution in [-0.2, 0) is 13.0 Å². The number of benzene rings is 8. The molecule has 1 aliphatic heterocycles. The van der Waals surface area contributed by atoms with Crippen molar-refractivity contribution in [3.05, 3.63) is 163 Å². The van der Waals surface area contributed by atoms with Crippen LogP contribution in [0.3, 0.4) is 0 Å². The number of hydrogen-bond donors (Lipinski definition) is 0. The molecule has 0 bridgehead atoms. The van der Waals surface area contributed by atoms with Gasteiger partial charge in [-0.2, -0.15) is 0 Å². The van der Waals surface area contributed by atoms with E-state index in [1.807, 2.05) is 0 Å². The van der Waals surface area contributed by atoms with Gasteiger partial charge in [-0.25, -0.2) is 9.97 Å². The highest BCUT2D eigenvalue weighted by molar-refractivity contribution is 6.29. The predicted molar refractivity (Wildman–Crippen MR) is 216 cm³/mol. The maximum Gasteiger partial charge on any atom is 0.162 e. The van der Waals surface area contributed by atoms with Gasteiger partial charge in [0.25, 0.3) is 0 Å². The Morgan fingerprint density at radius 2 is 1.15 bits per heavy atom. The average Bonchev–Trinajstić information content (AvgIpc) is 3.65. The van der Waals surface area contributed by atoms with Gasteiger partial charge in [-0.05, 0) is 75.5 Å². The van der Waals surface area contributed by atoms with Crippen LogP contribution in [-0.4, -0.2) is 19.1 Å². The summed E-state index contributed by atoms with van der Waals surface area (Å²) in [6.07, 6.45) is 0.968. The molecule has 0 radical (unpaired) electrons. The van der Waals surface area contributed by atoms with Crippen molar-refractivity contribution in [1.29, 1.82) is 0 Å². The lowest BCUT2D eigenvalue weighted by Crippen LogP contribution is -2.03. The van der Waals surface area contributed by atoms with Crippen LogP contribution in [0.1, 0.15) is 5.56 Å². The number of hydrogen-bond acceptors (Lipinski definition) is 2. The molecule has 3 aromatic heterocycles. The standard InChI is InChI=1S/C48H30N4/c1-2-13-31-27-32(22-21-29(31)11-1)47-49-41-18-8-5-16-37(41)48(50-47)52-43-20-10-6-15-36(43)40-28-39-34-24-23-30-12-3-4-14-33(30)35(34)25-26-51-42-19-9-7-17-38(42)44(45(39)51)46(40)52/h1-24,27-28H,25-26H2. The maximum absolute atomic E-state index is 5.50. The van der Waals surface area contributed by atoms with Crippen molar-refractivity contribution in [2.45, 2.75) is 13.0 Å². The van der Waals surface area contributed by atoms with Gasteiger partial charge in [0.05, 0.1) is 22.1 Å². The number of para-hydroxylation sites is 3. The first kappa shape index (κ1) is 28.0. The number of aromatic nitrogens is 4. The molecule has 4 heteroatoms. The second-order valence-corrected chi connectivity index (χ2v) is 14.1. The lowest BCUT2D eigenvalue weighted by molar-refractivity contribution is 0.755. The zero-order valence-corrected chi connectivity index (χ0v) is 28.2. The van der Waals surface area contributed by atoms with Crippen LogP contribution in [0, 0.1) is 0 Å². The molecule has 4 heterocycles. The summed E-state index contributed by atoms with van der Waals surface area (Å²) in [5, 5.41) is 11.0. The Hall–Kier alpha value is -6.78. The van der Waals surface area contributed by atoms with Gasteiger partial charge in [0.1, 0.15) is 5.82 Å². The van der Waals surface area contributed by atoms with Gasteiger partial charge in [0.15, 0.2) is 5.82 Å². The zero-order valence-electron chi connectivity index (χ0n) is 28.2. The minimum Gasteiger partial charge on any atom is -0.340 e. The molecule has 0 N–H and O–H groups in total. The summed E-state index contributed by atoms with van der Waals surface area (Å²) in [6, 6.07) is 57.2. The lowest BCUT2D eigenvalue weighted by Gasteiger charge is -2.15. The Morgan fingerprint density at radius 3 is 2.04 bits per heavy atom. The van der Waals surface area contributed by atoms with Crippen molar-refractivity contribution in [1.82, 2.24) is 19.1 Å². The highest BCUT2D eigenvalue weighted by Crippen LogP contribution is 2.48. The largest absolute Gasteiger partial charge is 0.340 e. The van der Waals surface area contributed by atoms with Gasteiger partial charge in [-0.1, -0.05) is 121 Å². The van der Waals surface area contributed by atoms with E-state index in [1.165, 1.54) is 76.3 Å². The first-order chi connectivity index (χ1) is 25.8. The van der Waals surface area contributed by atoms with Crippen LogP contribution in [0.5, 0.6) is 0 Å². The second kappa shape index (κ2) is 10.4. The third-order valence-electron chi connectivity index (χ3n) is 11.4. The molecule has 0 amide bonds. The minimum atomic E-state index is 0.722. The van der Waals surface area contributed by atoms with E-state index in [0.717, 1.165) is 46.6 Å². The van der Waals surface area contributed by atoms with Crippen LogP contribution in [0.4, 0.5) is 0 Å². The number of fused-ring (bicyclic) bond motifs is 13. The summed E-state index contributed by atoms with van der Waals surface area (Å²) < 4.78 is 5.01. The third kappa shape index (κ3) is 3.76. The van der Waals surface area contributed by atoms with Crippen LogP contribution in [0.25, 0.3) is 104 Å². The number of nitrogens with zero attached hydrogens (tertiary/aromatic N) is 4. The Balaban J connectivity index is 1.26. The van der Waals surface area contributed by atoms with E-state index in [9.17, 15) is 0 Å². The normalized spacial score (nSPS) is 12.8. The lowest BCUT2D eigenvalue weighted by atomic mass is 9.91. The van der Waals surface area contributed by atoms with Gasteiger partial charge in [0, 0.05) is 50.1 Å². The fourth-order valence-electron chi connectivity index (χ4n) is 9.12. The Morgan fingerprint density at radius 1 is 0.462 bits per heavy atom. The Kier molecular flexibility index (Phi) is 5.58. The topological polar surface area (TPSA) is 35.6 Å². The first-order valence-electron chi connectivity index (χ1n) is 18.0. The van der Waals surface area contributed by atoms with Crippen LogP contribution in [0.15, 0.2) is 158 Å². The molecule has 0 aliphatic carbocycles. The molecule has 52 heavy (non-hydrogen) atoms. The predicted octanol–water partition coefficient (Wildman–Crippen LogP) is 12.0. The van der Waals surface area contributed by atoms with Gasteiger partial charge in [0.2, 0.25) is 0 Å². The van der Waals surface area contributed by atoms with E-state index in [1.54, 1.807) is 0 Å². The van der Waals surface area contributed by atoms with Gasteiger partial charge < -0.3 is 4.57 Å². The zero-order chi connectivity index (χ0) is 33.9. The van der Waals surface area contributed by atoms with E-state index >= 15 is 0 Å². The summed E-state index contributed by atoms with van der Waals surface area (Å²) >= 11 is 0. The highest BCUT2D eigenvalue weighted by atomic mass is 15.1. The van der Waals surface area contributed by atoms with E-state index in [0.29, 0.717) is 0 Å². The Bertz CT molecular complexity index is 3310. The first-order valence-corrected chi connectivity index (χ1v) is 18.0.